The van der Waals surface area contributed by atoms with E-state index in [-0.39, 0.29) is 11.2 Å². The molecule has 1 aliphatic heterocycles. The third kappa shape index (κ3) is 3.07. The van der Waals surface area contributed by atoms with Crippen LogP contribution in [0.2, 0.25) is 0 Å². The van der Waals surface area contributed by atoms with Gasteiger partial charge in [-0.05, 0) is 62.3 Å². The van der Waals surface area contributed by atoms with Crippen LogP contribution in [0.5, 0.6) is 0 Å². The van der Waals surface area contributed by atoms with Crippen LogP contribution in [0.3, 0.4) is 0 Å². The zero-order valence-corrected chi connectivity index (χ0v) is 18.0. The minimum absolute atomic E-state index is 0.0739. The van der Waals surface area contributed by atoms with Gasteiger partial charge in [-0.1, -0.05) is 13.8 Å². The van der Waals surface area contributed by atoms with E-state index in [4.69, 9.17) is 5.73 Å². The highest BCUT2D eigenvalue weighted by Crippen LogP contribution is 2.50. The first-order valence-corrected chi connectivity index (χ1v) is 10.7. The smallest absolute Gasteiger partial charge is 0.162 e. The molecular weight excluding hydrogens is 436 g/mol. The van der Waals surface area contributed by atoms with Crippen LogP contribution in [0.1, 0.15) is 38.2 Å². The van der Waals surface area contributed by atoms with Gasteiger partial charge in [0.25, 0.3) is 0 Å². The molecule has 0 saturated carbocycles. The Bertz CT molecular complexity index is 1050. The Morgan fingerprint density at radius 3 is 2.75 bits per heavy atom. The number of Topliss-reactive ketones (excluding diaryl/α,β-unsaturated/α-hetero) is 1. The predicted octanol–water partition coefficient (Wildman–Crippen LogP) is 4.85. The summed E-state index contributed by atoms with van der Waals surface area (Å²) in [4.78, 5) is 19.5. The average molecular weight is 455 g/mol. The molecule has 0 saturated heterocycles. The monoisotopic (exact) mass is 454 g/mol. The first kappa shape index (κ1) is 18.9. The molecule has 4 rings (SSSR count). The normalized spacial score (nSPS) is 21.6. The highest BCUT2D eigenvalue weighted by Gasteiger charge is 2.45. The number of carbonyl (C=O) groups excluding carboxylic acids is 1. The second-order valence-corrected chi connectivity index (χ2v) is 9.57. The summed E-state index contributed by atoms with van der Waals surface area (Å²) >= 11 is 4.95. The first-order chi connectivity index (χ1) is 13.3. The number of pyridine rings is 1. The standard InChI is InChI=1S/C21H19BrN4OS/c1-21(2)7-15-19(16(27)8-21)18(12-5-6-28-11-12)14(9-23)20(24)26(15)17-4-3-13(22)10-25-17/h3-6,10-11,18H,7-8,24H2,1-2H3. The largest absolute Gasteiger partial charge is 0.384 e. The predicted molar refractivity (Wildman–Crippen MR) is 113 cm³/mol. The van der Waals surface area contributed by atoms with E-state index in [9.17, 15) is 10.1 Å². The number of nitriles is 1. The van der Waals surface area contributed by atoms with Gasteiger partial charge in [-0.3, -0.25) is 9.69 Å². The Hall–Kier alpha value is -2.43. The molecule has 7 heteroatoms. The molecule has 2 aliphatic rings. The molecule has 2 N–H and O–H groups in total. The first-order valence-electron chi connectivity index (χ1n) is 8.92. The molecule has 2 aromatic rings. The zero-order valence-electron chi connectivity index (χ0n) is 15.6. The van der Waals surface area contributed by atoms with E-state index in [0.29, 0.717) is 35.6 Å². The number of anilines is 1. The number of hydrogen-bond acceptors (Lipinski definition) is 6. The Labute approximate surface area is 176 Å². The number of thiophene rings is 1. The molecule has 0 spiro atoms. The van der Waals surface area contributed by atoms with Crippen LogP contribution >= 0.6 is 27.3 Å². The Kier molecular flexibility index (Phi) is 4.64. The van der Waals surface area contributed by atoms with Gasteiger partial charge < -0.3 is 5.73 Å². The fourth-order valence-electron chi connectivity index (χ4n) is 4.04. The van der Waals surface area contributed by atoms with Crippen LogP contribution < -0.4 is 10.6 Å². The van der Waals surface area contributed by atoms with E-state index >= 15 is 0 Å². The molecule has 0 bridgehead atoms. The Balaban J connectivity index is 1.99. The van der Waals surface area contributed by atoms with Gasteiger partial charge in [-0.25, -0.2) is 4.98 Å². The highest BCUT2D eigenvalue weighted by atomic mass is 79.9. The van der Waals surface area contributed by atoms with Crippen molar-refractivity contribution in [3.05, 3.63) is 67.9 Å². The van der Waals surface area contributed by atoms with Crippen molar-refractivity contribution < 1.29 is 4.79 Å². The van der Waals surface area contributed by atoms with Crippen LogP contribution in [-0.2, 0) is 4.79 Å². The van der Waals surface area contributed by atoms with Gasteiger partial charge in [-0.15, -0.1) is 0 Å². The molecule has 0 radical (unpaired) electrons. The topological polar surface area (TPSA) is 83.0 Å². The maximum Gasteiger partial charge on any atom is 0.162 e. The third-order valence-corrected chi connectivity index (χ3v) is 6.37. The number of ketones is 1. The summed E-state index contributed by atoms with van der Waals surface area (Å²) in [7, 11) is 0. The van der Waals surface area contributed by atoms with Gasteiger partial charge in [-0.2, -0.15) is 16.6 Å². The number of rotatable bonds is 2. The van der Waals surface area contributed by atoms with Crippen molar-refractivity contribution >= 4 is 38.9 Å². The van der Waals surface area contributed by atoms with Crippen molar-refractivity contribution in [2.24, 2.45) is 11.1 Å². The van der Waals surface area contributed by atoms with E-state index in [1.807, 2.05) is 29.0 Å². The molecule has 28 heavy (non-hydrogen) atoms. The Morgan fingerprint density at radius 2 is 2.14 bits per heavy atom. The number of hydrogen-bond donors (Lipinski definition) is 1. The summed E-state index contributed by atoms with van der Waals surface area (Å²) in [6.07, 6.45) is 2.83. The molecule has 1 aliphatic carbocycles. The minimum Gasteiger partial charge on any atom is -0.384 e. The number of aromatic nitrogens is 1. The van der Waals surface area contributed by atoms with Crippen LogP contribution in [-0.4, -0.2) is 10.8 Å². The molecule has 3 heterocycles. The second kappa shape index (κ2) is 6.87. The Morgan fingerprint density at radius 1 is 1.36 bits per heavy atom. The quantitative estimate of drug-likeness (QED) is 0.700. The molecule has 2 aromatic heterocycles. The number of carbonyl (C=O) groups is 1. The zero-order chi connectivity index (χ0) is 20.1. The average Bonchev–Trinajstić information content (AvgIpc) is 3.15. The van der Waals surface area contributed by atoms with Gasteiger partial charge in [0.05, 0.1) is 17.6 Å². The number of nitrogens with two attached hydrogens (primary N) is 1. The molecule has 5 nitrogen and oxygen atoms in total. The van der Waals surface area contributed by atoms with Crippen molar-refractivity contribution in [3.8, 4) is 6.07 Å². The van der Waals surface area contributed by atoms with Crippen molar-refractivity contribution in [2.45, 2.75) is 32.6 Å². The molecule has 0 aromatic carbocycles. The SMILES string of the molecule is CC1(C)CC(=O)C2=C(C1)N(c1ccc(Br)cn1)C(N)=C(C#N)C2c1ccsc1. The van der Waals surface area contributed by atoms with Gasteiger partial charge in [0, 0.05) is 28.4 Å². The van der Waals surface area contributed by atoms with Crippen molar-refractivity contribution in [2.75, 3.05) is 4.90 Å². The van der Waals surface area contributed by atoms with E-state index in [1.54, 1.807) is 22.4 Å². The summed E-state index contributed by atoms with van der Waals surface area (Å²) in [6.45, 7) is 4.17. The van der Waals surface area contributed by atoms with Crippen LogP contribution in [0, 0.1) is 16.7 Å². The van der Waals surface area contributed by atoms with E-state index in [1.165, 1.54) is 0 Å². The summed E-state index contributed by atoms with van der Waals surface area (Å²) in [6, 6.07) is 7.95. The maximum atomic E-state index is 13.3. The molecule has 0 amide bonds. The van der Waals surface area contributed by atoms with E-state index < -0.39 is 5.92 Å². The summed E-state index contributed by atoms with van der Waals surface area (Å²) in [5, 5.41) is 13.9. The van der Waals surface area contributed by atoms with Gasteiger partial charge in [0.2, 0.25) is 0 Å². The maximum absolute atomic E-state index is 13.3. The molecule has 1 atom stereocenters. The fourth-order valence-corrected chi connectivity index (χ4v) is 4.96. The molecule has 1 unspecified atom stereocenters. The van der Waals surface area contributed by atoms with Crippen molar-refractivity contribution in [1.29, 1.82) is 5.26 Å². The molecule has 0 fully saturated rings. The van der Waals surface area contributed by atoms with Crippen LogP contribution in [0.4, 0.5) is 5.82 Å². The van der Waals surface area contributed by atoms with Gasteiger partial charge in [0.1, 0.15) is 11.6 Å². The number of nitrogens with zero attached hydrogens (tertiary/aromatic N) is 3. The summed E-state index contributed by atoms with van der Waals surface area (Å²) in [5.74, 6) is 0.611. The van der Waals surface area contributed by atoms with Crippen LogP contribution in [0.15, 0.2) is 62.3 Å². The third-order valence-electron chi connectivity index (χ3n) is 5.20. The highest BCUT2D eigenvalue weighted by molar-refractivity contribution is 9.10. The molecular formula is C21H19BrN4OS. The lowest BCUT2D eigenvalue weighted by Gasteiger charge is -2.43. The van der Waals surface area contributed by atoms with Crippen molar-refractivity contribution in [3.63, 3.8) is 0 Å². The van der Waals surface area contributed by atoms with Gasteiger partial charge in [0.15, 0.2) is 5.78 Å². The summed E-state index contributed by atoms with van der Waals surface area (Å²) in [5.41, 5.74) is 9.20. The molecule has 142 valence electrons. The van der Waals surface area contributed by atoms with Gasteiger partial charge >= 0.3 is 0 Å². The lowest BCUT2D eigenvalue weighted by Crippen LogP contribution is -2.42. The summed E-state index contributed by atoms with van der Waals surface area (Å²) < 4.78 is 0.849. The van der Waals surface area contributed by atoms with E-state index in [2.05, 4.69) is 40.8 Å². The van der Waals surface area contributed by atoms with E-state index in [0.717, 1.165) is 15.7 Å². The number of allylic oxidation sites excluding steroid dienone is 3. The lowest BCUT2D eigenvalue weighted by molar-refractivity contribution is -0.118. The van der Waals surface area contributed by atoms with Crippen molar-refractivity contribution in [1.82, 2.24) is 4.98 Å². The fraction of sp³-hybridized carbons (Fsp3) is 0.286. The lowest BCUT2D eigenvalue weighted by atomic mass is 9.69. The van der Waals surface area contributed by atoms with Crippen LogP contribution in [0.25, 0.3) is 0 Å². The second-order valence-electron chi connectivity index (χ2n) is 7.87. The minimum atomic E-state index is -0.415. The number of halogens is 1.